The molecule has 6 rings (SSSR count). The van der Waals surface area contributed by atoms with Gasteiger partial charge in [0.05, 0.1) is 38.1 Å². The number of hydrogen-bond donors (Lipinski definition) is 3. The number of rotatable bonds is 20. The van der Waals surface area contributed by atoms with E-state index in [2.05, 4.69) is 24.9 Å². The molecule has 2 fully saturated rings. The molecule has 0 aromatic heterocycles. The van der Waals surface area contributed by atoms with Gasteiger partial charge in [-0.1, -0.05) is 37.1 Å². The number of carbonyl (C=O) groups excluding carboxylic acids is 2. The highest BCUT2D eigenvalue weighted by Crippen LogP contribution is 2.62. The third-order valence-electron chi connectivity index (χ3n) is 12.0. The monoisotopic (exact) mass is 831 g/mol. The van der Waals surface area contributed by atoms with E-state index in [9.17, 15) is 19.8 Å². The van der Waals surface area contributed by atoms with Crippen molar-refractivity contribution < 1.29 is 48.3 Å². The van der Waals surface area contributed by atoms with Crippen LogP contribution in [0.15, 0.2) is 65.9 Å². The average Bonchev–Trinajstić information content (AvgIpc) is 4.08. The highest BCUT2D eigenvalue weighted by atomic mass is 16.7. The molecule has 4 aliphatic rings. The van der Waals surface area contributed by atoms with E-state index < -0.39 is 29.4 Å². The number of methoxy groups -OCH3 is 2. The quantitative estimate of drug-likeness (QED) is 0.0673. The van der Waals surface area contributed by atoms with Crippen molar-refractivity contribution in [2.75, 3.05) is 45.9 Å². The number of ether oxygens (including phenoxy) is 5. The highest BCUT2D eigenvalue weighted by molar-refractivity contribution is 6.03. The molecule has 6 atom stereocenters. The molecule has 2 amide bonds. The fourth-order valence-corrected chi connectivity index (χ4v) is 9.27. The van der Waals surface area contributed by atoms with Gasteiger partial charge in [0, 0.05) is 49.6 Å². The van der Waals surface area contributed by atoms with E-state index in [1.807, 2.05) is 37.8 Å². The topological polar surface area (TPSA) is 158 Å². The highest BCUT2D eigenvalue weighted by Gasteiger charge is 2.66. The van der Waals surface area contributed by atoms with Crippen LogP contribution in [-0.4, -0.2) is 90.8 Å². The van der Waals surface area contributed by atoms with Crippen LogP contribution in [0.5, 0.6) is 23.0 Å². The van der Waals surface area contributed by atoms with E-state index in [-0.39, 0.29) is 49.4 Å². The number of hydrogen-bond acceptors (Lipinski definition) is 11. The SMILES string of the molecule is C=CCOC12Oc3ccc(OC(=O)Nc4ccc(OC)cc4OC)cc3C3C(CCCCO)C(CCCCO)C=C(C(=NOC(C)(C)C)CC1N(CCC)C(=O)C1CC1)C32. The number of amides is 2. The van der Waals surface area contributed by atoms with Gasteiger partial charge in [0.15, 0.2) is 0 Å². The average molecular weight is 832 g/mol. The molecule has 2 saturated carbocycles. The summed E-state index contributed by atoms with van der Waals surface area (Å²) in [4.78, 5) is 36.1. The molecule has 2 aromatic carbocycles. The van der Waals surface area contributed by atoms with E-state index in [1.54, 1.807) is 37.5 Å². The maximum atomic E-state index is 14.4. The molecule has 3 aliphatic carbocycles. The number of nitrogens with one attached hydrogen (secondary N) is 1. The molecule has 0 spiro atoms. The van der Waals surface area contributed by atoms with E-state index in [4.69, 9.17) is 33.7 Å². The van der Waals surface area contributed by atoms with Crippen LogP contribution < -0.4 is 24.3 Å². The van der Waals surface area contributed by atoms with Crippen molar-refractivity contribution in [1.29, 1.82) is 0 Å². The molecular weight excluding hydrogens is 767 g/mol. The van der Waals surface area contributed by atoms with Crippen molar-refractivity contribution in [3.8, 4) is 23.0 Å². The zero-order valence-electron chi connectivity index (χ0n) is 36.2. The lowest BCUT2D eigenvalue weighted by molar-refractivity contribution is -0.257. The second-order valence-corrected chi connectivity index (χ2v) is 17.4. The van der Waals surface area contributed by atoms with Crippen LogP contribution >= 0.6 is 0 Å². The maximum absolute atomic E-state index is 14.4. The van der Waals surface area contributed by atoms with Gasteiger partial charge < -0.3 is 43.6 Å². The second kappa shape index (κ2) is 19.9. The summed E-state index contributed by atoms with van der Waals surface area (Å²) in [6, 6.07) is 9.96. The maximum Gasteiger partial charge on any atom is 0.417 e. The molecule has 0 bridgehead atoms. The number of aliphatic hydroxyl groups excluding tert-OH is 2. The fraction of sp³-hybridized carbons (Fsp3) is 0.596. The Morgan fingerprint density at radius 3 is 2.40 bits per heavy atom. The van der Waals surface area contributed by atoms with Gasteiger partial charge >= 0.3 is 6.09 Å². The zero-order chi connectivity index (χ0) is 43.0. The van der Waals surface area contributed by atoms with Crippen LogP contribution in [0.1, 0.15) is 103 Å². The van der Waals surface area contributed by atoms with Crippen LogP contribution in [0.4, 0.5) is 10.5 Å². The molecule has 60 heavy (non-hydrogen) atoms. The Bertz CT molecular complexity index is 1890. The third-order valence-corrected chi connectivity index (χ3v) is 12.0. The molecule has 6 unspecified atom stereocenters. The van der Waals surface area contributed by atoms with Crippen molar-refractivity contribution in [2.24, 2.45) is 28.8 Å². The zero-order valence-corrected chi connectivity index (χ0v) is 36.2. The van der Waals surface area contributed by atoms with Crippen molar-refractivity contribution in [3.05, 3.63) is 66.3 Å². The van der Waals surface area contributed by atoms with Crippen LogP contribution in [0, 0.1) is 23.7 Å². The lowest BCUT2D eigenvalue weighted by atomic mass is 9.55. The normalized spacial score (nSPS) is 24.9. The number of benzene rings is 2. The number of carbonyl (C=O) groups is 2. The summed E-state index contributed by atoms with van der Waals surface area (Å²) in [5.74, 6) is -0.0310. The van der Waals surface area contributed by atoms with E-state index in [0.717, 1.165) is 61.8 Å². The largest absolute Gasteiger partial charge is 0.497 e. The van der Waals surface area contributed by atoms with Crippen LogP contribution in [0.3, 0.4) is 0 Å². The molecule has 13 nitrogen and oxygen atoms in total. The molecular formula is C47H65N3O10. The summed E-state index contributed by atoms with van der Waals surface area (Å²) in [5.41, 5.74) is 2.39. The number of anilines is 1. The first-order valence-electron chi connectivity index (χ1n) is 21.7. The molecule has 328 valence electrons. The molecule has 2 aromatic rings. The first-order valence-corrected chi connectivity index (χ1v) is 21.7. The summed E-state index contributed by atoms with van der Waals surface area (Å²) in [6.07, 6.45) is 10.6. The lowest BCUT2D eigenvalue weighted by Gasteiger charge is -2.60. The summed E-state index contributed by atoms with van der Waals surface area (Å²) >= 11 is 0. The van der Waals surface area contributed by atoms with Gasteiger partial charge in [-0.2, -0.15) is 0 Å². The van der Waals surface area contributed by atoms with Crippen LogP contribution in [0.25, 0.3) is 0 Å². The number of unbranched alkanes of at least 4 members (excludes halogenated alkanes) is 2. The minimum absolute atomic E-state index is 0.0216. The molecule has 3 N–H and O–H groups in total. The Kier molecular flexibility index (Phi) is 14.9. The Balaban J connectivity index is 1.53. The number of allylic oxidation sites excluding steroid dienone is 1. The van der Waals surface area contributed by atoms with Crippen LogP contribution in [0.2, 0.25) is 0 Å². The first kappa shape index (κ1) is 44.9. The van der Waals surface area contributed by atoms with Crippen molar-refractivity contribution >= 4 is 23.4 Å². The van der Waals surface area contributed by atoms with Gasteiger partial charge in [0.25, 0.3) is 0 Å². The Morgan fingerprint density at radius 2 is 1.75 bits per heavy atom. The minimum atomic E-state index is -1.34. The molecule has 0 saturated heterocycles. The molecule has 13 heteroatoms. The summed E-state index contributed by atoms with van der Waals surface area (Å²) < 4.78 is 31.2. The second-order valence-electron chi connectivity index (χ2n) is 17.4. The van der Waals surface area contributed by atoms with Crippen molar-refractivity contribution in [2.45, 2.75) is 115 Å². The van der Waals surface area contributed by atoms with Gasteiger partial charge in [-0.25, -0.2) is 4.79 Å². The third kappa shape index (κ3) is 9.95. The van der Waals surface area contributed by atoms with Gasteiger partial charge in [-0.15, -0.1) is 6.58 Å². The predicted octanol–water partition coefficient (Wildman–Crippen LogP) is 8.40. The van der Waals surface area contributed by atoms with Crippen molar-refractivity contribution in [1.82, 2.24) is 4.90 Å². The number of oxime groups is 1. The summed E-state index contributed by atoms with van der Waals surface area (Å²) in [5, 5.41) is 27.5. The van der Waals surface area contributed by atoms with Crippen LogP contribution in [-0.2, 0) is 14.4 Å². The first-order chi connectivity index (χ1) is 28.9. The Hall–Kier alpha value is -4.59. The minimum Gasteiger partial charge on any atom is -0.497 e. The van der Waals surface area contributed by atoms with Crippen molar-refractivity contribution in [3.63, 3.8) is 0 Å². The number of nitrogens with zero attached hydrogens (tertiary/aromatic N) is 2. The van der Waals surface area contributed by atoms with Gasteiger partial charge in [0.1, 0.15) is 34.6 Å². The number of aliphatic hydroxyl groups is 2. The smallest absolute Gasteiger partial charge is 0.417 e. The van der Waals surface area contributed by atoms with Gasteiger partial charge in [0.2, 0.25) is 11.7 Å². The van der Waals surface area contributed by atoms with E-state index in [0.29, 0.717) is 54.5 Å². The molecule has 0 radical (unpaired) electrons. The molecule has 1 heterocycles. The predicted molar refractivity (Wildman–Crippen MR) is 230 cm³/mol. The molecule has 1 aliphatic heterocycles. The Morgan fingerprint density at radius 1 is 1.02 bits per heavy atom. The fourth-order valence-electron chi connectivity index (χ4n) is 9.27. The summed E-state index contributed by atoms with van der Waals surface area (Å²) in [7, 11) is 3.07. The van der Waals surface area contributed by atoms with Gasteiger partial charge in [-0.3, -0.25) is 10.1 Å². The van der Waals surface area contributed by atoms with E-state index in [1.165, 1.54) is 7.11 Å². The van der Waals surface area contributed by atoms with E-state index >= 15 is 0 Å². The van der Waals surface area contributed by atoms with Gasteiger partial charge in [-0.05, 0) is 113 Å². The standard InChI is InChI=1S/C47H65N3O10/c1-8-22-50(44(53)30-16-17-30)41-29-38(49-60-46(3,4)5)35-26-31(14-10-12-23-51)34(15-11-13-24-52)42-36-27-33(19-21-39(36)59-47(41,43(35)42)57-25-9-2)58-45(54)48-37-20-18-32(55-6)28-40(37)56-7/h9,18-21,26-28,30-31,34,41-43,51-52H,2,8,10-17,22-25,29H2,1,3-7H3,(H,48,54). The lowest BCUT2D eigenvalue weighted by Crippen LogP contribution is -2.70. The Labute approximate surface area is 355 Å². The summed E-state index contributed by atoms with van der Waals surface area (Å²) in [6.45, 7) is 12.9. The number of fused-ring (bicyclic) bond motifs is 2.